The first kappa shape index (κ1) is 13.8. The van der Waals surface area contributed by atoms with E-state index in [4.69, 9.17) is 16.3 Å². The van der Waals surface area contributed by atoms with Crippen molar-refractivity contribution in [2.24, 2.45) is 0 Å². The Labute approximate surface area is 122 Å². The molecule has 0 bridgehead atoms. The molecule has 0 radical (unpaired) electrons. The van der Waals surface area contributed by atoms with Crippen LogP contribution >= 0.6 is 27.5 Å². The Morgan fingerprint density at radius 2 is 2.16 bits per heavy atom. The van der Waals surface area contributed by atoms with Crippen LogP contribution in [0.4, 0.5) is 5.69 Å². The number of pyridine rings is 1. The van der Waals surface area contributed by atoms with E-state index in [2.05, 4.69) is 20.9 Å². The van der Waals surface area contributed by atoms with Crippen molar-refractivity contribution in [3.05, 3.63) is 61.8 Å². The third-order valence-electron chi connectivity index (χ3n) is 2.34. The van der Waals surface area contributed by atoms with Crippen molar-refractivity contribution in [3.8, 4) is 5.75 Å². The molecule has 0 unspecified atom stereocenters. The molecule has 19 heavy (non-hydrogen) atoms. The Hall–Kier alpha value is -1.66. The van der Waals surface area contributed by atoms with Gasteiger partial charge in [-0.3, -0.25) is 10.1 Å². The average Bonchev–Trinajstić information content (AvgIpc) is 2.39. The van der Waals surface area contributed by atoms with Gasteiger partial charge >= 0.3 is 0 Å². The fourth-order valence-corrected chi connectivity index (χ4v) is 1.84. The molecular formula is C12H8BrClN2O3. The molecule has 0 amide bonds. The summed E-state index contributed by atoms with van der Waals surface area (Å²) in [7, 11) is 0. The topological polar surface area (TPSA) is 65.3 Å². The van der Waals surface area contributed by atoms with Crippen LogP contribution in [0.15, 0.2) is 41.1 Å². The minimum absolute atomic E-state index is 0.0578. The quantitative estimate of drug-likeness (QED) is 0.478. The van der Waals surface area contributed by atoms with Gasteiger partial charge in [-0.15, -0.1) is 0 Å². The second-order valence-electron chi connectivity index (χ2n) is 3.64. The van der Waals surface area contributed by atoms with E-state index in [0.717, 1.165) is 0 Å². The van der Waals surface area contributed by atoms with Gasteiger partial charge in [-0.05, 0) is 40.2 Å². The molecule has 0 N–H and O–H groups in total. The van der Waals surface area contributed by atoms with Crippen LogP contribution in [0.3, 0.4) is 0 Å². The van der Waals surface area contributed by atoms with Gasteiger partial charge in [0.05, 0.1) is 16.7 Å². The predicted octanol–water partition coefficient (Wildman–Crippen LogP) is 3.98. The fraction of sp³-hybridized carbons (Fsp3) is 0.0833. The SMILES string of the molecule is O=[N+]([O-])c1cc(Cl)ccc1COc1ccc(Br)nc1. The lowest BCUT2D eigenvalue weighted by atomic mass is 10.2. The number of halogens is 2. The van der Waals surface area contributed by atoms with Crippen LogP contribution in [-0.2, 0) is 6.61 Å². The molecule has 5 nitrogen and oxygen atoms in total. The maximum atomic E-state index is 10.9. The molecule has 1 aromatic carbocycles. The number of nitro groups is 1. The van der Waals surface area contributed by atoms with Gasteiger partial charge in [0.2, 0.25) is 0 Å². The first-order valence-electron chi connectivity index (χ1n) is 5.23. The van der Waals surface area contributed by atoms with E-state index >= 15 is 0 Å². The number of benzene rings is 1. The summed E-state index contributed by atoms with van der Waals surface area (Å²) in [6.45, 7) is 0.0802. The largest absolute Gasteiger partial charge is 0.487 e. The van der Waals surface area contributed by atoms with E-state index in [1.165, 1.54) is 12.3 Å². The molecule has 2 aromatic rings. The molecule has 0 aliphatic carbocycles. The van der Waals surface area contributed by atoms with Gasteiger partial charge in [0.25, 0.3) is 5.69 Å². The van der Waals surface area contributed by atoms with Gasteiger partial charge in [0.1, 0.15) is 17.0 Å². The number of ether oxygens (including phenoxy) is 1. The molecule has 0 saturated carbocycles. The highest BCUT2D eigenvalue weighted by atomic mass is 79.9. The second-order valence-corrected chi connectivity index (χ2v) is 4.88. The zero-order valence-electron chi connectivity index (χ0n) is 9.55. The molecule has 0 aliphatic heterocycles. The summed E-state index contributed by atoms with van der Waals surface area (Å²) in [4.78, 5) is 14.4. The standard InChI is InChI=1S/C12H8BrClN2O3/c13-12-4-3-10(6-15-12)19-7-8-1-2-9(14)5-11(8)16(17)18/h1-6H,7H2. The molecule has 0 atom stereocenters. The molecular weight excluding hydrogens is 336 g/mol. The molecule has 7 heteroatoms. The molecule has 2 rings (SSSR count). The molecule has 98 valence electrons. The highest BCUT2D eigenvalue weighted by Gasteiger charge is 2.14. The van der Waals surface area contributed by atoms with Crippen molar-refractivity contribution in [1.82, 2.24) is 4.98 Å². The van der Waals surface area contributed by atoms with Crippen LogP contribution in [-0.4, -0.2) is 9.91 Å². The van der Waals surface area contributed by atoms with Gasteiger partial charge in [0.15, 0.2) is 0 Å². The highest BCUT2D eigenvalue weighted by Crippen LogP contribution is 2.24. The van der Waals surface area contributed by atoms with Gasteiger partial charge < -0.3 is 4.74 Å². The van der Waals surface area contributed by atoms with Crippen molar-refractivity contribution < 1.29 is 9.66 Å². The smallest absolute Gasteiger partial charge is 0.277 e. The van der Waals surface area contributed by atoms with Crippen LogP contribution in [0.5, 0.6) is 5.75 Å². The minimum atomic E-state index is -0.482. The summed E-state index contributed by atoms with van der Waals surface area (Å²) in [6.07, 6.45) is 1.53. The summed E-state index contributed by atoms with van der Waals surface area (Å²) < 4.78 is 6.14. The Morgan fingerprint density at radius 3 is 2.79 bits per heavy atom. The Bertz CT molecular complexity index is 604. The summed E-state index contributed by atoms with van der Waals surface area (Å²) >= 11 is 8.94. The summed E-state index contributed by atoms with van der Waals surface area (Å²) in [5.41, 5.74) is 0.398. The third-order valence-corrected chi connectivity index (χ3v) is 3.04. The number of rotatable bonds is 4. The van der Waals surface area contributed by atoms with Gasteiger partial charge in [-0.1, -0.05) is 11.6 Å². The molecule has 0 saturated heterocycles. The van der Waals surface area contributed by atoms with E-state index in [-0.39, 0.29) is 12.3 Å². The van der Waals surface area contributed by atoms with E-state index in [1.807, 2.05) is 0 Å². The van der Waals surface area contributed by atoms with Crippen molar-refractivity contribution in [3.63, 3.8) is 0 Å². The Kier molecular flexibility index (Phi) is 4.34. The molecule has 1 heterocycles. The monoisotopic (exact) mass is 342 g/mol. The van der Waals surface area contributed by atoms with E-state index < -0.39 is 4.92 Å². The van der Waals surface area contributed by atoms with Gasteiger partial charge in [0, 0.05) is 11.1 Å². The highest BCUT2D eigenvalue weighted by molar-refractivity contribution is 9.10. The third kappa shape index (κ3) is 3.65. The predicted molar refractivity (Wildman–Crippen MR) is 74.4 cm³/mol. The number of nitro benzene ring substituents is 1. The van der Waals surface area contributed by atoms with E-state index in [9.17, 15) is 10.1 Å². The van der Waals surface area contributed by atoms with Crippen LogP contribution in [0, 0.1) is 10.1 Å². The second kappa shape index (κ2) is 5.99. The summed E-state index contributed by atoms with van der Waals surface area (Å²) in [6, 6.07) is 7.92. The van der Waals surface area contributed by atoms with Crippen molar-refractivity contribution >= 4 is 33.2 Å². The first-order chi connectivity index (χ1) is 9.06. The lowest BCUT2D eigenvalue weighted by molar-refractivity contribution is -0.385. The molecule has 0 spiro atoms. The lowest BCUT2D eigenvalue weighted by Crippen LogP contribution is -2.00. The van der Waals surface area contributed by atoms with Crippen LogP contribution in [0.2, 0.25) is 5.02 Å². The maximum Gasteiger partial charge on any atom is 0.277 e. The minimum Gasteiger partial charge on any atom is -0.487 e. The van der Waals surface area contributed by atoms with Crippen LogP contribution in [0.1, 0.15) is 5.56 Å². The van der Waals surface area contributed by atoms with Gasteiger partial charge in [-0.25, -0.2) is 4.98 Å². The van der Waals surface area contributed by atoms with Gasteiger partial charge in [-0.2, -0.15) is 0 Å². The summed E-state index contributed by atoms with van der Waals surface area (Å²) in [5.74, 6) is 0.535. The van der Waals surface area contributed by atoms with Crippen LogP contribution in [0.25, 0.3) is 0 Å². The van der Waals surface area contributed by atoms with E-state index in [1.54, 1.807) is 24.3 Å². The van der Waals surface area contributed by atoms with Crippen molar-refractivity contribution in [1.29, 1.82) is 0 Å². The fourth-order valence-electron chi connectivity index (χ4n) is 1.44. The zero-order valence-corrected chi connectivity index (χ0v) is 11.9. The Morgan fingerprint density at radius 1 is 1.37 bits per heavy atom. The number of aromatic nitrogens is 1. The molecule has 0 fully saturated rings. The number of nitrogens with zero attached hydrogens (tertiary/aromatic N) is 2. The normalized spacial score (nSPS) is 10.2. The molecule has 0 aliphatic rings. The average molecular weight is 344 g/mol. The number of hydrogen-bond donors (Lipinski definition) is 0. The van der Waals surface area contributed by atoms with E-state index in [0.29, 0.717) is 20.9 Å². The molecule has 1 aromatic heterocycles. The van der Waals surface area contributed by atoms with Crippen LogP contribution < -0.4 is 4.74 Å². The first-order valence-corrected chi connectivity index (χ1v) is 6.40. The Balaban J connectivity index is 2.15. The van der Waals surface area contributed by atoms with Crippen molar-refractivity contribution in [2.45, 2.75) is 6.61 Å². The zero-order chi connectivity index (χ0) is 13.8. The number of hydrogen-bond acceptors (Lipinski definition) is 4. The summed E-state index contributed by atoms with van der Waals surface area (Å²) in [5, 5.41) is 11.2. The maximum absolute atomic E-state index is 10.9. The lowest BCUT2D eigenvalue weighted by Gasteiger charge is -2.06. The van der Waals surface area contributed by atoms with Crippen molar-refractivity contribution in [2.75, 3.05) is 0 Å².